The minimum absolute atomic E-state index is 0.347. The third-order valence-electron chi connectivity index (χ3n) is 3.55. The molecule has 1 saturated carbocycles. The molecule has 106 valence electrons. The molecule has 1 aliphatic rings. The van der Waals surface area contributed by atoms with E-state index in [9.17, 15) is 0 Å². The average Bonchev–Trinajstić information content (AvgIpc) is 2.43. The molecule has 1 aromatic carbocycles. The van der Waals surface area contributed by atoms with Crippen molar-refractivity contribution in [1.82, 2.24) is 0 Å². The van der Waals surface area contributed by atoms with Gasteiger partial charge in [0.25, 0.3) is 0 Å². The molecule has 0 heterocycles. The Bertz CT molecular complexity index is 342. The van der Waals surface area contributed by atoms with Crippen LogP contribution in [0.5, 0.6) is 5.75 Å². The van der Waals surface area contributed by atoms with Crippen LogP contribution in [0.15, 0.2) is 30.3 Å². The highest BCUT2D eigenvalue weighted by atomic mass is 79.9. The number of hydrogen-bond acceptors (Lipinski definition) is 2. The second kappa shape index (κ2) is 8.60. The van der Waals surface area contributed by atoms with E-state index in [4.69, 9.17) is 9.47 Å². The van der Waals surface area contributed by atoms with Crippen molar-refractivity contribution in [2.45, 2.75) is 49.5 Å². The zero-order valence-corrected chi connectivity index (χ0v) is 13.0. The molecule has 0 radical (unpaired) electrons. The van der Waals surface area contributed by atoms with Crippen molar-refractivity contribution in [2.24, 2.45) is 0 Å². The van der Waals surface area contributed by atoms with Crippen LogP contribution in [-0.2, 0) is 4.74 Å². The Kier molecular flexibility index (Phi) is 6.72. The predicted molar refractivity (Wildman–Crippen MR) is 82.1 cm³/mol. The van der Waals surface area contributed by atoms with Crippen molar-refractivity contribution in [3.63, 3.8) is 0 Å². The number of benzene rings is 1. The van der Waals surface area contributed by atoms with Crippen LogP contribution in [0, 0.1) is 0 Å². The summed E-state index contributed by atoms with van der Waals surface area (Å²) in [5.74, 6) is 0.916. The molecule has 0 bridgehead atoms. The number of para-hydroxylation sites is 1. The quantitative estimate of drug-likeness (QED) is 0.583. The summed E-state index contributed by atoms with van der Waals surface area (Å²) in [4.78, 5) is 0.504. The summed E-state index contributed by atoms with van der Waals surface area (Å²) in [6.07, 6.45) is 8.06. The Morgan fingerprint density at radius 2 is 1.68 bits per heavy atom. The molecule has 0 saturated heterocycles. The molecule has 2 rings (SSSR count). The molecule has 2 unspecified atom stereocenters. The third-order valence-corrected chi connectivity index (χ3v) is 4.60. The van der Waals surface area contributed by atoms with E-state index < -0.39 is 0 Å². The summed E-state index contributed by atoms with van der Waals surface area (Å²) < 4.78 is 11.6. The molecule has 0 N–H and O–H groups in total. The van der Waals surface area contributed by atoms with E-state index in [-0.39, 0.29) is 0 Å². The highest BCUT2D eigenvalue weighted by molar-refractivity contribution is 9.09. The van der Waals surface area contributed by atoms with Crippen LogP contribution in [0.4, 0.5) is 0 Å². The van der Waals surface area contributed by atoms with Crippen molar-refractivity contribution in [2.75, 3.05) is 13.2 Å². The van der Waals surface area contributed by atoms with Crippen LogP contribution in [0.1, 0.15) is 38.5 Å². The van der Waals surface area contributed by atoms with Gasteiger partial charge in [-0.25, -0.2) is 0 Å². The van der Waals surface area contributed by atoms with E-state index in [1.165, 1.54) is 38.5 Å². The Balaban J connectivity index is 1.66. The Labute approximate surface area is 124 Å². The topological polar surface area (TPSA) is 18.5 Å². The maximum Gasteiger partial charge on any atom is 0.119 e. The van der Waals surface area contributed by atoms with Crippen LogP contribution in [0.25, 0.3) is 0 Å². The van der Waals surface area contributed by atoms with Gasteiger partial charge in [0, 0.05) is 4.83 Å². The van der Waals surface area contributed by atoms with E-state index in [2.05, 4.69) is 15.9 Å². The molecule has 2 atom stereocenters. The zero-order chi connectivity index (χ0) is 13.3. The lowest BCUT2D eigenvalue weighted by molar-refractivity contribution is 0.0238. The normalized spacial score (nSPS) is 24.5. The highest BCUT2D eigenvalue weighted by Crippen LogP contribution is 2.25. The smallest absolute Gasteiger partial charge is 0.119 e. The molecule has 1 fully saturated rings. The van der Waals surface area contributed by atoms with Crippen molar-refractivity contribution in [3.05, 3.63) is 30.3 Å². The van der Waals surface area contributed by atoms with Gasteiger partial charge in [-0.15, -0.1) is 0 Å². The number of hydrogen-bond donors (Lipinski definition) is 0. The fourth-order valence-corrected chi connectivity index (χ4v) is 3.21. The maximum atomic E-state index is 5.98. The summed E-state index contributed by atoms with van der Waals surface area (Å²) in [6.45, 7) is 1.29. The van der Waals surface area contributed by atoms with Gasteiger partial charge >= 0.3 is 0 Å². The number of ether oxygens (including phenoxy) is 2. The Morgan fingerprint density at radius 3 is 2.47 bits per heavy atom. The standard InChI is InChI=1S/C16H23BrO2/c17-15-10-6-1-2-7-11-16(15)19-13-12-18-14-8-4-3-5-9-14/h3-5,8-9,15-16H,1-2,6-7,10-13H2. The number of alkyl halides is 1. The van der Waals surface area contributed by atoms with Gasteiger partial charge in [-0.2, -0.15) is 0 Å². The van der Waals surface area contributed by atoms with Crippen molar-refractivity contribution >= 4 is 15.9 Å². The predicted octanol–water partition coefficient (Wildman–Crippen LogP) is 4.57. The SMILES string of the molecule is BrC1CCCCCCC1OCCOc1ccccc1. The number of halogens is 1. The lowest BCUT2D eigenvalue weighted by atomic mass is 9.98. The maximum absolute atomic E-state index is 5.98. The van der Waals surface area contributed by atoms with Gasteiger partial charge in [0.05, 0.1) is 12.7 Å². The van der Waals surface area contributed by atoms with E-state index in [0.29, 0.717) is 24.1 Å². The molecule has 1 aromatic rings. The Hall–Kier alpha value is -0.540. The zero-order valence-electron chi connectivity index (χ0n) is 11.4. The molecular formula is C16H23BrO2. The van der Waals surface area contributed by atoms with Gasteiger partial charge in [-0.05, 0) is 25.0 Å². The largest absolute Gasteiger partial charge is 0.491 e. The van der Waals surface area contributed by atoms with E-state index in [0.717, 1.165) is 5.75 Å². The summed E-state index contributed by atoms with van der Waals surface area (Å²) in [6, 6.07) is 9.92. The number of rotatable bonds is 5. The van der Waals surface area contributed by atoms with E-state index >= 15 is 0 Å². The fraction of sp³-hybridized carbons (Fsp3) is 0.625. The van der Waals surface area contributed by atoms with Crippen LogP contribution >= 0.6 is 15.9 Å². The molecule has 0 amide bonds. The van der Waals surface area contributed by atoms with Crippen LogP contribution in [0.3, 0.4) is 0 Å². The third kappa shape index (κ3) is 5.53. The molecular weight excluding hydrogens is 304 g/mol. The average molecular weight is 327 g/mol. The monoisotopic (exact) mass is 326 g/mol. The molecule has 19 heavy (non-hydrogen) atoms. The van der Waals surface area contributed by atoms with Crippen molar-refractivity contribution < 1.29 is 9.47 Å². The minimum atomic E-state index is 0.347. The lowest BCUT2D eigenvalue weighted by Crippen LogP contribution is -2.27. The first kappa shape index (κ1) is 14.9. The summed E-state index contributed by atoms with van der Waals surface area (Å²) >= 11 is 3.77. The van der Waals surface area contributed by atoms with Crippen LogP contribution in [0.2, 0.25) is 0 Å². The molecule has 1 aliphatic carbocycles. The molecule has 3 heteroatoms. The fourth-order valence-electron chi connectivity index (χ4n) is 2.47. The van der Waals surface area contributed by atoms with Gasteiger partial charge in [0.15, 0.2) is 0 Å². The Morgan fingerprint density at radius 1 is 0.947 bits per heavy atom. The first-order valence-corrected chi connectivity index (χ1v) is 8.21. The first-order chi connectivity index (χ1) is 9.36. The van der Waals surface area contributed by atoms with E-state index in [1.54, 1.807) is 0 Å². The van der Waals surface area contributed by atoms with Crippen molar-refractivity contribution in [3.8, 4) is 5.75 Å². The van der Waals surface area contributed by atoms with Crippen LogP contribution < -0.4 is 4.74 Å². The minimum Gasteiger partial charge on any atom is -0.491 e. The van der Waals surface area contributed by atoms with Crippen molar-refractivity contribution in [1.29, 1.82) is 0 Å². The highest BCUT2D eigenvalue weighted by Gasteiger charge is 2.20. The first-order valence-electron chi connectivity index (χ1n) is 7.30. The summed E-state index contributed by atoms with van der Waals surface area (Å²) in [5, 5.41) is 0. The molecule has 0 aliphatic heterocycles. The van der Waals surface area contributed by atoms with Gasteiger partial charge < -0.3 is 9.47 Å². The van der Waals surface area contributed by atoms with Gasteiger partial charge in [0.1, 0.15) is 12.4 Å². The second-order valence-corrected chi connectivity index (χ2v) is 6.25. The molecule has 2 nitrogen and oxygen atoms in total. The molecule has 0 aromatic heterocycles. The van der Waals surface area contributed by atoms with Gasteiger partial charge in [-0.3, -0.25) is 0 Å². The van der Waals surface area contributed by atoms with Gasteiger partial charge in [-0.1, -0.05) is 59.8 Å². The summed E-state index contributed by atoms with van der Waals surface area (Å²) in [5.41, 5.74) is 0. The molecule has 0 spiro atoms. The van der Waals surface area contributed by atoms with Crippen LogP contribution in [-0.4, -0.2) is 24.1 Å². The van der Waals surface area contributed by atoms with E-state index in [1.807, 2.05) is 30.3 Å². The summed E-state index contributed by atoms with van der Waals surface area (Å²) in [7, 11) is 0. The second-order valence-electron chi connectivity index (χ2n) is 5.08. The van der Waals surface area contributed by atoms with Gasteiger partial charge in [0.2, 0.25) is 0 Å². The lowest BCUT2D eigenvalue weighted by Gasteiger charge is -2.25.